The lowest BCUT2D eigenvalue weighted by Gasteiger charge is -2.16. The standard InChI is InChI=1S/C26H24BrNO3/c1-2-30-25-15-19(16-28-22-9-11-23(29)12-10-22)14-24(27)26(25)31-17-18-7-8-20-5-3-4-6-21(20)13-18/h3-15,28-29H,2,16-17H2,1H3. The zero-order valence-electron chi connectivity index (χ0n) is 17.3. The van der Waals surface area contributed by atoms with Crippen LogP contribution in [0.25, 0.3) is 10.8 Å². The third-order valence-corrected chi connectivity index (χ3v) is 5.52. The zero-order valence-corrected chi connectivity index (χ0v) is 18.9. The molecule has 4 rings (SSSR count). The van der Waals surface area contributed by atoms with E-state index in [1.807, 2.05) is 43.3 Å². The maximum absolute atomic E-state index is 9.42. The Bertz CT molecular complexity index is 1180. The number of aromatic hydroxyl groups is 1. The van der Waals surface area contributed by atoms with Crippen LogP contribution >= 0.6 is 15.9 Å². The Hall–Kier alpha value is -3.18. The van der Waals surface area contributed by atoms with E-state index in [0.29, 0.717) is 31.3 Å². The molecule has 0 unspecified atom stereocenters. The summed E-state index contributed by atoms with van der Waals surface area (Å²) in [5.74, 6) is 1.66. The highest BCUT2D eigenvalue weighted by Gasteiger charge is 2.13. The average molecular weight is 478 g/mol. The van der Waals surface area contributed by atoms with Gasteiger partial charge in [0.2, 0.25) is 0 Å². The molecule has 0 bridgehead atoms. The maximum Gasteiger partial charge on any atom is 0.175 e. The number of fused-ring (bicyclic) bond motifs is 1. The molecule has 4 nitrogen and oxygen atoms in total. The van der Waals surface area contributed by atoms with E-state index in [2.05, 4.69) is 51.6 Å². The second kappa shape index (κ2) is 9.75. The molecule has 0 heterocycles. The number of phenols is 1. The molecule has 0 aromatic heterocycles. The van der Waals surface area contributed by atoms with Gasteiger partial charge in [0.05, 0.1) is 11.1 Å². The number of rotatable bonds is 8. The summed E-state index contributed by atoms with van der Waals surface area (Å²) in [5.41, 5.74) is 3.09. The van der Waals surface area contributed by atoms with Gasteiger partial charge >= 0.3 is 0 Å². The Morgan fingerprint density at radius 2 is 1.61 bits per heavy atom. The second-order valence-electron chi connectivity index (χ2n) is 7.21. The van der Waals surface area contributed by atoms with Crippen molar-refractivity contribution < 1.29 is 14.6 Å². The van der Waals surface area contributed by atoms with Crippen LogP contribution in [0.4, 0.5) is 5.69 Å². The Morgan fingerprint density at radius 1 is 0.839 bits per heavy atom. The van der Waals surface area contributed by atoms with Gasteiger partial charge in [0.1, 0.15) is 12.4 Å². The van der Waals surface area contributed by atoms with E-state index in [9.17, 15) is 5.11 Å². The van der Waals surface area contributed by atoms with Crippen molar-refractivity contribution in [3.05, 3.63) is 94.5 Å². The van der Waals surface area contributed by atoms with Gasteiger partial charge in [-0.2, -0.15) is 0 Å². The van der Waals surface area contributed by atoms with E-state index >= 15 is 0 Å². The fourth-order valence-electron chi connectivity index (χ4n) is 3.39. The lowest BCUT2D eigenvalue weighted by atomic mass is 10.1. The minimum absolute atomic E-state index is 0.250. The smallest absolute Gasteiger partial charge is 0.175 e. The first-order chi connectivity index (χ1) is 15.1. The number of hydrogen-bond acceptors (Lipinski definition) is 4. The van der Waals surface area contributed by atoms with Crippen LogP contribution < -0.4 is 14.8 Å². The first-order valence-corrected chi connectivity index (χ1v) is 11.0. The molecule has 0 aliphatic rings. The van der Waals surface area contributed by atoms with Crippen LogP contribution in [-0.2, 0) is 13.2 Å². The quantitative estimate of drug-likeness (QED) is 0.271. The van der Waals surface area contributed by atoms with Crippen molar-refractivity contribution in [1.82, 2.24) is 0 Å². The lowest BCUT2D eigenvalue weighted by molar-refractivity contribution is 0.267. The van der Waals surface area contributed by atoms with Crippen molar-refractivity contribution in [2.24, 2.45) is 0 Å². The molecule has 0 spiro atoms. The predicted octanol–water partition coefficient (Wildman–Crippen LogP) is 6.90. The van der Waals surface area contributed by atoms with Crippen molar-refractivity contribution in [2.75, 3.05) is 11.9 Å². The minimum atomic E-state index is 0.250. The van der Waals surface area contributed by atoms with Crippen LogP contribution in [0.1, 0.15) is 18.1 Å². The number of benzene rings is 4. The van der Waals surface area contributed by atoms with E-state index in [4.69, 9.17) is 9.47 Å². The highest BCUT2D eigenvalue weighted by molar-refractivity contribution is 9.10. The summed E-state index contributed by atoms with van der Waals surface area (Å²) in [5, 5.41) is 15.2. The van der Waals surface area contributed by atoms with Gasteiger partial charge in [0.15, 0.2) is 11.5 Å². The number of ether oxygens (including phenoxy) is 2. The average Bonchev–Trinajstić information content (AvgIpc) is 2.78. The zero-order chi connectivity index (χ0) is 21.6. The summed E-state index contributed by atoms with van der Waals surface area (Å²) < 4.78 is 12.9. The molecule has 4 aromatic carbocycles. The topological polar surface area (TPSA) is 50.7 Å². The SMILES string of the molecule is CCOc1cc(CNc2ccc(O)cc2)cc(Br)c1OCc1ccc2ccccc2c1. The van der Waals surface area contributed by atoms with E-state index in [0.717, 1.165) is 21.3 Å². The third-order valence-electron chi connectivity index (χ3n) is 4.93. The van der Waals surface area contributed by atoms with Crippen LogP contribution in [0, 0.1) is 0 Å². The molecule has 0 saturated carbocycles. The largest absolute Gasteiger partial charge is 0.508 e. The molecular formula is C26H24BrNO3. The van der Waals surface area contributed by atoms with Gasteiger partial charge in [0.25, 0.3) is 0 Å². The van der Waals surface area contributed by atoms with E-state index in [1.54, 1.807) is 12.1 Å². The number of nitrogens with one attached hydrogen (secondary N) is 1. The van der Waals surface area contributed by atoms with Gasteiger partial charge in [-0.15, -0.1) is 0 Å². The van der Waals surface area contributed by atoms with Crippen molar-refractivity contribution in [3.63, 3.8) is 0 Å². The molecule has 0 atom stereocenters. The van der Waals surface area contributed by atoms with Gasteiger partial charge < -0.3 is 19.9 Å². The summed E-state index contributed by atoms with van der Waals surface area (Å²) in [6.45, 7) is 3.58. The van der Waals surface area contributed by atoms with Gasteiger partial charge in [0, 0.05) is 12.2 Å². The minimum Gasteiger partial charge on any atom is -0.508 e. The van der Waals surface area contributed by atoms with Crippen LogP contribution in [0.3, 0.4) is 0 Å². The van der Waals surface area contributed by atoms with Crippen LogP contribution in [0.5, 0.6) is 17.2 Å². The molecule has 2 N–H and O–H groups in total. The summed E-state index contributed by atoms with van der Waals surface area (Å²) in [4.78, 5) is 0. The van der Waals surface area contributed by atoms with Crippen LogP contribution in [0.2, 0.25) is 0 Å². The molecule has 0 aliphatic heterocycles. The highest BCUT2D eigenvalue weighted by Crippen LogP contribution is 2.38. The predicted molar refractivity (Wildman–Crippen MR) is 129 cm³/mol. The fraction of sp³-hybridized carbons (Fsp3) is 0.154. The van der Waals surface area contributed by atoms with Gasteiger partial charge in [-0.1, -0.05) is 36.4 Å². The number of halogens is 1. The van der Waals surface area contributed by atoms with Crippen molar-refractivity contribution in [2.45, 2.75) is 20.1 Å². The molecular weight excluding hydrogens is 454 g/mol. The monoisotopic (exact) mass is 477 g/mol. The highest BCUT2D eigenvalue weighted by atomic mass is 79.9. The molecule has 0 saturated heterocycles. The van der Waals surface area contributed by atoms with E-state index in [-0.39, 0.29) is 5.75 Å². The van der Waals surface area contributed by atoms with Crippen LogP contribution in [-0.4, -0.2) is 11.7 Å². The molecule has 158 valence electrons. The normalized spacial score (nSPS) is 10.8. The van der Waals surface area contributed by atoms with Gasteiger partial charge in [-0.05, 0) is 87.2 Å². The van der Waals surface area contributed by atoms with Gasteiger partial charge in [-0.25, -0.2) is 0 Å². The Labute approximate surface area is 190 Å². The first kappa shape index (κ1) is 21.1. The van der Waals surface area contributed by atoms with Crippen molar-refractivity contribution in [3.8, 4) is 17.2 Å². The molecule has 5 heteroatoms. The first-order valence-electron chi connectivity index (χ1n) is 10.2. The Balaban J connectivity index is 1.50. The van der Waals surface area contributed by atoms with E-state index < -0.39 is 0 Å². The summed E-state index contributed by atoms with van der Waals surface area (Å²) in [6.07, 6.45) is 0. The Morgan fingerprint density at radius 3 is 2.39 bits per heavy atom. The van der Waals surface area contributed by atoms with Gasteiger partial charge in [-0.3, -0.25) is 0 Å². The molecule has 0 radical (unpaired) electrons. The number of phenolic OH excluding ortho intramolecular Hbond substituents is 1. The van der Waals surface area contributed by atoms with Crippen LogP contribution in [0.15, 0.2) is 83.3 Å². The summed E-state index contributed by atoms with van der Waals surface area (Å²) in [6, 6.07) is 25.7. The second-order valence-corrected chi connectivity index (χ2v) is 8.06. The molecule has 0 amide bonds. The number of anilines is 1. The Kier molecular flexibility index (Phi) is 6.63. The van der Waals surface area contributed by atoms with Crippen molar-refractivity contribution >= 4 is 32.4 Å². The van der Waals surface area contributed by atoms with Crippen molar-refractivity contribution in [1.29, 1.82) is 0 Å². The summed E-state index contributed by atoms with van der Waals surface area (Å²) in [7, 11) is 0. The molecule has 31 heavy (non-hydrogen) atoms. The fourth-order valence-corrected chi connectivity index (χ4v) is 4.00. The number of hydrogen-bond donors (Lipinski definition) is 2. The molecule has 0 fully saturated rings. The summed E-state index contributed by atoms with van der Waals surface area (Å²) >= 11 is 3.65. The maximum atomic E-state index is 9.42. The van der Waals surface area contributed by atoms with E-state index in [1.165, 1.54) is 10.8 Å². The molecule has 0 aliphatic carbocycles. The lowest BCUT2D eigenvalue weighted by Crippen LogP contribution is -2.04. The molecule has 4 aromatic rings. The third kappa shape index (κ3) is 5.30.